The van der Waals surface area contributed by atoms with Crippen LogP contribution in [0.1, 0.15) is 11.1 Å². The standard InChI is InChI=1S/C18H22N2O3/c1-19(2)15-6-4-13(5-7-15)10-20(3)11-14-8-17-18(9-16(14)21)23-12-22-17/h4-9,21H,10-12H2,1-3H3. The van der Waals surface area contributed by atoms with Crippen LogP contribution in [-0.4, -0.2) is 37.9 Å². The first-order chi connectivity index (χ1) is 11.0. The van der Waals surface area contributed by atoms with Gasteiger partial charge in [0.15, 0.2) is 11.5 Å². The Bertz CT molecular complexity index is 683. The summed E-state index contributed by atoms with van der Waals surface area (Å²) in [5.74, 6) is 1.54. The Morgan fingerprint density at radius 3 is 2.26 bits per heavy atom. The highest BCUT2D eigenvalue weighted by Crippen LogP contribution is 2.38. The number of aromatic hydroxyl groups is 1. The summed E-state index contributed by atoms with van der Waals surface area (Å²) in [6.07, 6.45) is 0. The molecule has 0 bridgehead atoms. The lowest BCUT2D eigenvalue weighted by atomic mass is 10.1. The summed E-state index contributed by atoms with van der Waals surface area (Å²) in [7, 11) is 6.09. The summed E-state index contributed by atoms with van der Waals surface area (Å²) in [5.41, 5.74) is 3.25. The molecule has 0 atom stereocenters. The molecule has 2 aromatic rings. The molecule has 0 fully saturated rings. The van der Waals surface area contributed by atoms with Crippen molar-refractivity contribution in [3.05, 3.63) is 47.5 Å². The first kappa shape index (κ1) is 15.5. The number of hydrogen-bond donors (Lipinski definition) is 1. The molecule has 122 valence electrons. The first-order valence-corrected chi connectivity index (χ1v) is 7.59. The maximum atomic E-state index is 10.1. The predicted octanol–water partition coefficient (Wildman–Crippen LogP) is 2.82. The maximum absolute atomic E-state index is 10.1. The second kappa shape index (κ2) is 6.38. The summed E-state index contributed by atoms with van der Waals surface area (Å²) < 4.78 is 10.6. The second-order valence-electron chi connectivity index (χ2n) is 6.07. The number of hydrogen-bond acceptors (Lipinski definition) is 5. The fourth-order valence-corrected chi connectivity index (χ4v) is 2.66. The molecule has 0 saturated heterocycles. The molecule has 1 heterocycles. The van der Waals surface area contributed by atoms with Gasteiger partial charge in [0.25, 0.3) is 0 Å². The van der Waals surface area contributed by atoms with E-state index in [4.69, 9.17) is 9.47 Å². The quantitative estimate of drug-likeness (QED) is 0.919. The number of nitrogens with zero attached hydrogens (tertiary/aromatic N) is 2. The van der Waals surface area contributed by atoms with E-state index < -0.39 is 0 Å². The average Bonchev–Trinajstić information content (AvgIpc) is 2.95. The minimum atomic E-state index is 0.215. The van der Waals surface area contributed by atoms with Crippen molar-refractivity contribution in [1.29, 1.82) is 0 Å². The molecule has 0 aliphatic carbocycles. The molecular weight excluding hydrogens is 292 g/mol. The topological polar surface area (TPSA) is 45.2 Å². The molecule has 3 rings (SSSR count). The van der Waals surface area contributed by atoms with E-state index in [1.54, 1.807) is 6.07 Å². The lowest BCUT2D eigenvalue weighted by Gasteiger charge is -2.19. The summed E-state index contributed by atoms with van der Waals surface area (Å²) in [5, 5.41) is 10.1. The van der Waals surface area contributed by atoms with Gasteiger partial charge < -0.3 is 19.5 Å². The Hall–Kier alpha value is -2.40. The zero-order chi connectivity index (χ0) is 16.4. The smallest absolute Gasteiger partial charge is 0.231 e. The molecular formula is C18H22N2O3. The van der Waals surface area contributed by atoms with Crippen LogP contribution in [0.5, 0.6) is 17.2 Å². The van der Waals surface area contributed by atoms with Gasteiger partial charge in [-0.3, -0.25) is 4.90 Å². The summed E-state index contributed by atoms with van der Waals surface area (Å²) in [6.45, 7) is 1.66. The van der Waals surface area contributed by atoms with Gasteiger partial charge in [-0.25, -0.2) is 0 Å². The largest absolute Gasteiger partial charge is 0.507 e. The zero-order valence-electron chi connectivity index (χ0n) is 13.7. The number of ether oxygens (including phenoxy) is 2. The monoisotopic (exact) mass is 314 g/mol. The number of phenolic OH excluding ortho intramolecular Hbond substituents is 1. The maximum Gasteiger partial charge on any atom is 0.231 e. The van der Waals surface area contributed by atoms with E-state index in [0.29, 0.717) is 18.0 Å². The third-order valence-electron chi connectivity index (χ3n) is 3.92. The molecule has 0 spiro atoms. The fraction of sp³-hybridized carbons (Fsp3) is 0.333. The van der Waals surface area contributed by atoms with Crippen LogP contribution in [0, 0.1) is 0 Å². The van der Waals surface area contributed by atoms with Gasteiger partial charge >= 0.3 is 0 Å². The Labute approximate surface area is 136 Å². The van der Waals surface area contributed by atoms with Crippen molar-refractivity contribution in [2.45, 2.75) is 13.1 Å². The molecule has 1 aliphatic heterocycles. The lowest BCUT2D eigenvalue weighted by molar-refractivity contribution is 0.174. The van der Waals surface area contributed by atoms with Gasteiger partial charge in [0, 0.05) is 44.5 Å². The van der Waals surface area contributed by atoms with Crippen LogP contribution in [0.3, 0.4) is 0 Å². The van der Waals surface area contributed by atoms with Crippen LogP contribution in [0.15, 0.2) is 36.4 Å². The van der Waals surface area contributed by atoms with Crippen LogP contribution < -0.4 is 14.4 Å². The number of anilines is 1. The summed E-state index contributed by atoms with van der Waals surface area (Å²) in [4.78, 5) is 4.24. The van der Waals surface area contributed by atoms with Crippen molar-refractivity contribution in [2.75, 3.05) is 32.8 Å². The van der Waals surface area contributed by atoms with Crippen LogP contribution >= 0.6 is 0 Å². The minimum absolute atomic E-state index is 0.215. The van der Waals surface area contributed by atoms with Crippen molar-refractivity contribution in [3.8, 4) is 17.2 Å². The van der Waals surface area contributed by atoms with Crippen molar-refractivity contribution >= 4 is 5.69 Å². The van der Waals surface area contributed by atoms with Gasteiger partial charge in [-0.05, 0) is 30.8 Å². The van der Waals surface area contributed by atoms with Gasteiger partial charge in [-0.1, -0.05) is 12.1 Å². The van der Waals surface area contributed by atoms with Gasteiger partial charge in [-0.15, -0.1) is 0 Å². The van der Waals surface area contributed by atoms with Crippen LogP contribution in [0.2, 0.25) is 0 Å². The van der Waals surface area contributed by atoms with Gasteiger partial charge in [-0.2, -0.15) is 0 Å². The van der Waals surface area contributed by atoms with E-state index in [2.05, 4.69) is 34.1 Å². The highest BCUT2D eigenvalue weighted by Gasteiger charge is 2.17. The Morgan fingerprint density at radius 2 is 1.61 bits per heavy atom. The molecule has 23 heavy (non-hydrogen) atoms. The van der Waals surface area contributed by atoms with Crippen molar-refractivity contribution in [3.63, 3.8) is 0 Å². The van der Waals surface area contributed by atoms with Crippen LogP contribution in [0.4, 0.5) is 5.69 Å². The highest BCUT2D eigenvalue weighted by molar-refractivity contribution is 5.51. The van der Waals surface area contributed by atoms with Crippen LogP contribution in [0.25, 0.3) is 0 Å². The van der Waals surface area contributed by atoms with E-state index in [1.807, 2.05) is 27.2 Å². The van der Waals surface area contributed by atoms with Gasteiger partial charge in [0.05, 0.1) is 0 Å². The predicted molar refractivity (Wildman–Crippen MR) is 90.2 cm³/mol. The molecule has 0 amide bonds. The normalized spacial score (nSPS) is 12.7. The molecule has 1 N–H and O–H groups in total. The van der Waals surface area contributed by atoms with E-state index in [1.165, 1.54) is 11.3 Å². The van der Waals surface area contributed by atoms with Crippen molar-refractivity contribution in [1.82, 2.24) is 4.90 Å². The second-order valence-corrected chi connectivity index (χ2v) is 6.07. The van der Waals surface area contributed by atoms with Crippen molar-refractivity contribution in [2.24, 2.45) is 0 Å². The average molecular weight is 314 g/mol. The van der Waals surface area contributed by atoms with E-state index in [0.717, 1.165) is 12.1 Å². The SMILES string of the molecule is CN(Cc1ccc(N(C)C)cc1)Cc1cc2c(cc1O)OCO2. The summed E-state index contributed by atoms with van der Waals surface area (Å²) >= 11 is 0. The molecule has 5 nitrogen and oxygen atoms in total. The third-order valence-corrected chi connectivity index (χ3v) is 3.92. The summed E-state index contributed by atoms with van der Waals surface area (Å²) in [6, 6.07) is 12.0. The van der Waals surface area contributed by atoms with E-state index >= 15 is 0 Å². The van der Waals surface area contributed by atoms with Gasteiger partial charge in [0.1, 0.15) is 5.75 Å². The molecule has 1 aliphatic rings. The van der Waals surface area contributed by atoms with Gasteiger partial charge in [0.2, 0.25) is 6.79 Å². The lowest BCUT2D eigenvalue weighted by Crippen LogP contribution is -2.17. The van der Waals surface area contributed by atoms with Crippen LogP contribution in [-0.2, 0) is 13.1 Å². The minimum Gasteiger partial charge on any atom is -0.507 e. The zero-order valence-corrected chi connectivity index (χ0v) is 13.7. The fourth-order valence-electron chi connectivity index (χ4n) is 2.66. The van der Waals surface area contributed by atoms with Crippen molar-refractivity contribution < 1.29 is 14.6 Å². The number of rotatable bonds is 5. The molecule has 0 aromatic heterocycles. The Kier molecular flexibility index (Phi) is 4.30. The van der Waals surface area contributed by atoms with E-state index in [-0.39, 0.29) is 12.5 Å². The highest BCUT2D eigenvalue weighted by atomic mass is 16.7. The Morgan fingerprint density at radius 1 is 0.957 bits per heavy atom. The first-order valence-electron chi connectivity index (χ1n) is 7.59. The number of phenols is 1. The number of fused-ring (bicyclic) bond motifs is 1. The molecule has 2 aromatic carbocycles. The Balaban J connectivity index is 1.66. The molecule has 0 saturated carbocycles. The van der Waals surface area contributed by atoms with E-state index in [9.17, 15) is 5.11 Å². The molecule has 5 heteroatoms. The molecule has 0 radical (unpaired) electrons. The third kappa shape index (κ3) is 3.51. The molecule has 0 unspecified atom stereocenters. The number of benzene rings is 2.